The van der Waals surface area contributed by atoms with Crippen molar-refractivity contribution in [1.29, 1.82) is 0 Å². The minimum atomic E-state index is -1.02. The van der Waals surface area contributed by atoms with Crippen molar-refractivity contribution in [1.82, 2.24) is 0 Å². The van der Waals surface area contributed by atoms with Gasteiger partial charge in [-0.15, -0.1) is 0 Å². The van der Waals surface area contributed by atoms with E-state index in [4.69, 9.17) is 4.74 Å². The van der Waals surface area contributed by atoms with E-state index in [1.165, 1.54) is 31.0 Å². The fourth-order valence-electron chi connectivity index (χ4n) is 3.93. The molecule has 0 spiro atoms. The lowest BCUT2D eigenvalue weighted by atomic mass is 9.77. The van der Waals surface area contributed by atoms with Crippen LogP contribution in [0.25, 0.3) is 0 Å². The lowest BCUT2D eigenvalue weighted by molar-refractivity contribution is 0.271. The van der Waals surface area contributed by atoms with Crippen LogP contribution in [0.15, 0.2) is 30.3 Å². The minimum Gasteiger partial charge on any atom is -0.483 e. The molecule has 1 saturated carbocycles. The van der Waals surface area contributed by atoms with E-state index in [-0.39, 0.29) is 12.5 Å². The molecule has 1 aliphatic rings. The highest BCUT2D eigenvalue weighted by Gasteiger charge is 2.24. The number of hydrogen-bond donors (Lipinski definition) is 0. The maximum absolute atomic E-state index is 14.4. The fourth-order valence-corrected chi connectivity index (χ4v) is 3.93. The van der Waals surface area contributed by atoms with Gasteiger partial charge in [-0.05, 0) is 72.9 Å². The van der Waals surface area contributed by atoms with Crippen molar-refractivity contribution in [3.05, 3.63) is 64.7 Å². The zero-order valence-corrected chi connectivity index (χ0v) is 15.4. The van der Waals surface area contributed by atoms with Crippen LogP contribution in [0.4, 0.5) is 17.6 Å². The average molecular weight is 380 g/mol. The largest absolute Gasteiger partial charge is 0.483 e. The average Bonchev–Trinajstić information content (AvgIpc) is 2.64. The van der Waals surface area contributed by atoms with E-state index in [1.54, 1.807) is 0 Å². The normalized spacial score (nSPS) is 19.9. The van der Waals surface area contributed by atoms with Crippen LogP contribution in [0, 0.1) is 29.2 Å². The SMILES string of the molecule is CCCC1CCC(c2cc(F)c(OCc3ccc(F)c(F)c3)c(F)c2)CC1. The van der Waals surface area contributed by atoms with Crippen molar-refractivity contribution < 1.29 is 22.3 Å². The summed E-state index contributed by atoms with van der Waals surface area (Å²) in [5.74, 6) is -3.11. The van der Waals surface area contributed by atoms with E-state index < -0.39 is 29.0 Å². The highest BCUT2D eigenvalue weighted by molar-refractivity contribution is 5.33. The Balaban J connectivity index is 1.67. The first kappa shape index (κ1) is 19.7. The van der Waals surface area contributed by atoms with Crippen molar-refractivity contribution in [2.75, 3.05) is 0 Å². The maximum atomic E-state index is 14.4. The molecule has 0 heterocycles. The summed E-state index contributed by atoms with van der Waals surface area (Å²) in [4.78, 5) is 0. The minimum absolute atomic E-state index is 0.169. The van der Waals surface area contributed by atoms with Crippen molar-refractivity contribution in [3.63, 3.8) is 0 Å². The molecular weight excluding hydrogens is 356 g/mol. The van der Waals surface area contributed by atoms with Crippen LogP contribution in [-0.4, -0.2) is 0 Å². The number of benzene rings is 2. The Morgan fingerprint density at radius 1 is 0.852 bits per heavy atom. The summed E-state index contributed by atoms with van der Waals surface area (Å²) in [6.07, 6.45) is 6.46. The van der Waals surface area contributed by atoms with E-state index in [0.717, 1.165) is 43.7 Å². The van der Waals surface area contributed by atoms with Crippen LogP contribution in [-0.2, 0) is 6.61 Å². The van der Waals surface area contributed by atoms with Crippen LogP contribution in [0.1, 0.15) is 62.5 Å². The molecule has 0 N–H and O–H groups in total. The van der Waals surface area contributed by atoms with E-state index >= 15 is 0 Å². The molecule has 1 nitrogen and oxygen atoms in total. The Hall–Kier alpha value is -2.04. The third-order valence-corrected chi connectivity index (χ3v) is 5.40. The summed E-state index contributed by atoms with van der Waals surface area (Å²) in [6, 6.07) is 5.91. The third-order valence-electron chi connectivity index (χ3n) is 5.40. The van der Waals surface area contributed by atoms with Gasteiger partial charge in [0.05, 0.1) is 0 Å². The highest BCUT2D eigenvalue weighted by Crippen LogP contribution is 2.39. The second-order valence-corrected chi connectivity index (χ2v) is 7.36. The maximum Gasteiger partial charge on any atom is 0.191 e. The standard InChI is InChI=1S/C22H24F4O/c1-2-3-14-4-7-16(8-5-14)17-11-20(25)22(21(26)12-17)27-13-15-6-9-18(23)19(24)10-15/h6,9-12,14,16H,2-5,7-8,13H2,1H3. The van der Waals surface area contributed by atoms with Crippen LogP contribution >= 0.6 is 0 Å². The topological polar surface area (TPSA) is 9.23 Å². The number of hydrogen-bond acceptors (Lipinski definition) is 1. The predicted molar refractivity (Wildman–Crippen MR) is 96.7 cm³/mol. The van der Waals surface area contributed by atoms with Gasteiger partial charge in [0.15, 0.2) is 29.0 Å². The molecule has 146 valence electrons. The van der Waals surface area contributed by atoms with Gasteiger partial charge in [0.2, 0.25) is 0 Å². The lowest BCUT2D eigenvalue weighted by Gasteiger charge is -2.28. The molecule has 0 radical (unpaired) electrons. The zero-order valence-electron chi connectivity index (χ0n) is 15.4. The number of halogens is 4. The Labute approximate surface area is 157 Å². The summed E-state index contributed by atoms with van der Waals surface area (Å²) in [7, 11) is 0. The molecule has 0 amide bonds. The molecule has 2 aromatic carbocycles. The zero-order chi connectivity index (χ0) is 19.4. The van der Waals surface area contributed by atoms with E-state index in [1.807, 2.05) is 0 Å². The van der Waals surface area contributed by atoms with Crippen molar-refractivity contribution in [2.24, 2.45) is 5.92 Å². The monoisotopic (exact) mass is 380 g/mol. The molecule has 0 unspecified atom stereocenters. The molecule has 0 atom stereocenters. The van der Waals surface area contributed by atoms with E-state index in [9.17, 15) is 17.6 Å². The summed E-state index contributed by atoms with van der Waals surface area (Å²) >= 11 is 0. The summed E-state index contributed by atoms with van der Waals surface area (Å²) in [5.41, 5.74) is 0.964. The molecule has 2 aromatic rings. The molecule has 3 rings (SSSR count). The molecule has 5 heteroatoms. The molecule has 27 heavy (non-hydrogen) atoms. The second-order valence-electron chi connectivity index (χ2n) is 7.36. The van der Waals surface area contributed by atoms with Gasteiger partial charge in [-0.1, -0.05) is 25.8 Å². The first-order valence-corrected chi connectivity index (χ1v) is 9.53. The second kappa shape index (κ2) is 8.77. The highest BCUT2D eigenvalue weighted by atomic mass is 19.2. The quantitative estimate of drug-likeness (QED) is 0.496. The summed E-state index contributed by atoms with van der Waals surface area (Å²) in [5, 5.41) is 0. The Morgan fingerprint density at radius 3 is 2.11 bits per heavy atom. The van der Waals surface area contributed by atoms with E-state index in [0.29, 0.717) is 11.1 Å². The van der Waals surface area contributed by atoms with Gasteiger partial charge in [-0.2, -0.15) is 0 Å². The molecule has 1 fully saturated rings. The lowest BCUT2D eigenvalue weighted by Crippen LogP contribution is -2.14. The molecule has 0 bridgehead atoms. The van der Waals surface area contributed by atoms with Gasteiger partial charge < -0.3 is 4.74 Å². The van der Waals surface area contributed by atoms with Crippen molar-refractivity contribution >= 4 is 0 Å². The van der Waals surface area contributed by atoms with Gasteiger partial charge in [0, 0.05) is 0 Å². The molecule has 1 aliphatic carbocycles. The van der Waals surface area contributed by atoms with Crippen molar-refractivity contribution in [3.8, 4) is 5.75 Å². The number of rotatable bonds is 6. The van der Waals surface area contributed by atoms with Gasteiger partial charge in [0.1, 0.15) is 6.61 Å². The fraction of sp³-hybridized carbons (Fsp3) is 0.455. The number of ether oxygens (including phenoxy) is 1. The first-order valence-electron chi connectivity index (χ1n) is 9.53. The molecular formula is C22H24F4O. The van der Waals surface area contributed by atoms with Crippen LogP contribution in [0.2, 0.25) is 0 Å². The van der Waals surface area contributed by atoms with Crippen LogP contribution in [0.5, 0.6) is 5.75 Å². The Kier molecular flexibility index (Phi) is 6.40. The smallest absolute Gasteiger partial charge is 0.191 e. The first-order chi connectivity index (χ1) is 13.0. The van der Waals surface area contributed by atoms with Crippen LogP contribution in [0.3, 0.4) is 0 Å². The summed E-state index contributed by atoms with van der Waals surface area (Å²) in [6.45, 7) is 1.93. The Bertz CT molecular complexity index is 759. The molecule has 0 aliphatic heterocycles. The predicted octanol–water partition coefficient (Wildman–Crippen LogP) is 6.90. The van der Waals surface area contributed by atoms with Gasteiger partial charge in [-0.3, -0.25) is 0 Å². The van der Waals surface area contributed by atoms with Gasteiger partial charge >= 0.3 is 0 Å². The molecule has 0 aromatic heterocycles. The summed E-state index contributed by atoms with van der Waals surface area (Å²) < 4.78 is 60.2. The Morgan fingerprint density at radius 2 is 1.52 bits per heavy atom. The van der Waals surface area contributed by atoms with Crippen molar-refractivity contribution in [2.45, 2.75) is 58.0 Å². The van der Waals surface area contributed by atoms with Gasteiger partial charge in [-0.25, -0.2) is 17.6 Å². The van der Waals surface area contributed by atoms with Crippen LogP contribution < -0.4 is 4.74 Å². The van der Waals surface area contributed by atoms with Gasteiger partial charge in [0.25, 0.3) is 0 Å². The van der Waals surface area contributed by atoms with E-state index in [2.05, 4.69) is 6.92 Å². The third kappa shape index (κ3) is 4.82. The molecule has 0 saturated heterocycles.